The first-order chi connectivity index (χ1) is 8.31. The fourth-order valence-electron chi connectivity index (χ4n) is 3.28. The summed E-state index contributed by atoms with van der Waals surface area (Å²) in [5.41, 5.74) is 0.571. The van der Waals surface area contributed by atoms with Crippen LogP contribution in [0.2, 0.25) is 0 Å². The first-order valence-corrected chi connectivity index (χ1v) is 8.24. The summed E-state index contributed by atoms with van der Waals surface area (Å²) in [5.74, 6) is 2.23. The molecule has 1 aliphatic heterocycles. The maximum absolute atomic E-state index is 4.82. The molecule has 1 spiro atoms. The van der Waals surface area contributed by atoms with Crippen LogP contribution in [0.3, 0.4) is 0 Å². The van der Waals surface area contributed by atoms with Crippen LogP contribution in [0.15, 0.2) is 4.99 Å². The topological polar surface area (TPSA) is 24.4 Å². The highest BCUT2D eigenvalue weighted by Gasteiger charge is 2.39. The van der Waals surface area contributed by atoms with Crippen LogP contribution >= 0.6 is 11.8 Å². The standard InChI is InChI=1S/C14H24N2S/c1-2-11-8-12(11)16-13-15-9-14(10-17-13)6-4-3-5-7-14/h11-12H,2-10H2,1H3,(H,15,16). The summed E-state index contributed by atoms with van der Waals surface area (Å²) in [6.45, 7) is 3.38. The molecule has 0 radical (unpaired) electrons. The van der Waals surface area contributed by atoms with Crippen molar-refractivity contribution in [2.45, 2.75) is 57.9 Å². The second-order valence-electron chi connectivity index (χ2n) is 6.13. The molecule has 0 amide bonds. The van der Waals surface area contributed by atoms with E-state index < -0.39 is 0 Å². The first-order valence-electron chi connectivity index (χ1n) is 7.25. The van der Waals surface area contributed by atoms with Crippen LogP contribution < -0.4 is 5.32 Å². The highest BCUT2D eigenvalue weighted by molar-refractivity contribution is 8.13. The lowest BCUT2D eigenvalue weighted by atomic mass is 9.75. The van der Waals surface area contributed by atoms with Crippen molar-refractivity contribution in [3.63, 3.8) is 0 Å². The lowest BCUT2D eigenvalue weighted by Gasteiger charge is -2.38. The molecule has 2 atom stereocenters. The number of hydrogen-bond acceptors (Lipinski definition) is 3. The van der Waals surface area contributed by atoms with Crippen molar-refractivity contribution in [2.75, 3.05) is 12.3 Å². The Hall–Kier alpha value is -0.180. The van der Waals surface area contributed by atoms with Gasteiger partial charge in [0.1, 0.15) is 0 Å². The van der Waals surface area contributed by atoms with Gasteiger partial charge in [0, 0.05) is 18.3 Å². The average Bonchev–Trinajstić information content (AvgIpc) is 3.12. The third kappa shape index (κ3) is 2.64. The van der Waals surface area contributed by atoms with Gasteiger partial charge in [-0.05, 0) is 30.6 Å². The zero-order valence-corrected chi connectivity index (χ0v) is 11.7. The Morgan fingerprint density at radius 3 is 2.76 bits per heavy atom. The molecule has 1 heterocycles. The van der Waals surface area contributed by atoms with Gasteiger partial charge in [0.25, 0.3) is 0 Å². The lowest BCUT2D eigenvalue weighted by molar-refractivity contribution is 0.232. The number of amidine groups is 1. The molecule has 0 aromatic heterocycles. The summed E-state index contributed by atoms with van der Waals surface area (Å²) in [6, 6.07) is 0.742. The van der Waals surface area contributed by atoms with Gasteiger partial charge >= 0.3 is 0 Å². The zero-order valence-electron chi connectivity index (χ0n) is 10.9. The first kappa shape index (κ1) is 11.9. The molecule has 3 aliphatic rings. The molecule has 0 bridgehead atoms. The molecular weight excluding hydrogens is 228 g/mol. The van der Waals surface area contributed by atoms with Crippen molar-refractivity contribution in [3.05, 3.63) is 0 Å². The minimum Gasteiger partial charge on any atom is -0.362 e. The predicted octanol–water partition coefficient (Wildman–Crippen LogP) is 3.43. The van der Waals surface area contributed by atoms with Crippen molar-refractivity contribution in [2.24, 2.45) is 16.3 Å². The number of thioether (sulfide) groups is 1. The van der Waals surface area contributed by atoms with E-state index in [-0.39, 0.29) is 0 Å². The lowest BCUT2D eigenvalue weighted by Crippen LogP contribution is -2.37. The van der Waals surface area contributed by atoms with Gasteiger partial charge in [0.05, 0.1) is 0 Å². The Balaban J connectivity index is 1.52. The molecule has 0 aromatic carbocycles. The number of nitrogens with zero attached hydrogens (tertiary/aromatic N) is 1. The largest absolute Gasteiger partial charge is 0.362 e. The fraction of sp³-hybridized carbons (Fsp3) is 0.929. The van der Waals surface area contributed by atoms with E-state index in [1.165, 1.54) is 55.9 Å². The van der Waals surface area contributed by atoms with Crippen LogP contribution in [0.25, 0.3) is 0 Å². The molecule has 2 saturated carbocycles. The summed E-state index contributed by atoms with van der Waals surface area (Å²) in [7, 11) is 0. The SMILES string of the molecule is CCC1CC1NC1=NCC2(CCCCC2)CS1. The van der Waals surface area contributed by atoms with E-state index in [9.17, 15) is 0 Å². The Morgan fingerprint density at radius 2 is 2.18 bits per heavy atom. The molecular formula is C14H24N2S. The average molecular weight is 252 g/mol. The molecule has 3 rings (SSSR count). The summed E-state index contributed by atoms with van der Waals surface area (Å²) in [6.07, 6.45) is 9.82. The van der Waals surface area contributed by atoms with Crippen LogP contribution in [-0.2, 0) is 0 Å². The molecule has 0 saturated heterocycles. The molecule has 0 aromatic rings. The Morgan fingerprint density at radius 1 is 1.35 bits per heavy atom. The van der Waals surface area contributed by atoms with Gasteiger partial charge in [-0.1, -0.05) is 44.4 Å². The van der Waals surface area contributed by atoms with Crippen molar-refractivity contribution in [1.29, 1.82) is 0 Å². The zero-order chi connectivity index (χ0) is 11.7. The van der Waals surface area contributed by atoms with Gasteiger partial charge in [0.15, 0.2) is 5.17 Å². The minimum absolute atomic E-state index is 0.571. The van der Waals surface area contributed by atoms with Crippen LogP contribution in [0.1, 0.15) is 51.9 Å². The summed E-state index contributed by atoms with van der Waals surface area (Å²) < 4.78 is 0. The third-order valence-corrected chi connectivity index (χ3v) is 6.02. The quantitative estimate of drug-likeness (QED) is 0.814. The van der Waals surface area contributed by atoms with E-state index in [2.05, 4.69) is 12.2 Å². The van der Waals surface area contributed by atoms with E-state index in [0.717, 1.165) is 18.5 Å². The van der Waals surface area contributed by atoms with Gasteiger partial charge in [0.2, 0.25) is 0 Å². The van der Waals surface area contributed by atoms with Crippen LogP contribution in [0.4, 0.5) is 0 Å². The summed E-state index contributed by atoms with van der Waals surface area (Å²) in [5, 5.41) is 4.87. The molecule has 17 heavy (non-hydrogen) atoms. The van der Waals surface area contributed by atoms with Crippen LogP contribution in [0.5, 0.6) is 0 Å². The van der Waals surface area contributed by atoms with Crippen LogP contribution in [0, 0.1) is 11.3 Å². The minimum atomic E-state index is 0.571. The molecule has 3 heteroatoms. The Kier molecular flexibility index (Phi) is 3.38. The third-order valence-electron chi connectivity index (χ3n) is 4.74. The van der Waals surface area contributed by atoms with Gasteiger partial charge in [-0.15, -0.1) is 0 Å². The van der Waals surface area contributed by atoms with Gasteiger partial charge in [-0.2, -0.15) is 0 Å². The van der Waals surface area contributed by atoms with Gasteiger partial charge < -0.3 is 5.32 Å². The van der Waals surface area contributed by atoms with Crippen molar-refractivity contribution < 1.29 is 0 Å². The summed E-state index contributed by atoms with van der Waals surface area (Å²) in [4.78, 5) is 4.82. The molecule has 2 aliphatic carbocycles. The number of rotatable bonds is 2. The second-order valence-corrected chi connectivity index (χ2v) is 7.09. The number of aliphatic imine (C=N–C) groups is 1. The monoisotopic (exact) mass is 252 g/mol. The van der Waals surface area contributed by atoms with E-state index in [4.69, 9.17) is 4.99 Å². The normalized spacial score (nSPS) is 35.5. The molecule has 2 nitrogen and oxygen atoms in total. The highest BCUT2D eigenvalue weighted by atomic mass is 32.2. The molecule has 2 unspecified atom stereocenters. The Bertz CT molecular complexity index is 307. The maximum atomic E-state index is 4.82. The Labute approximate surface area is 109 Å². The van der Waals surface area contributed by atoms with Gasteiger partial charge in [-0.3, -0.25) is 4.99 Å². The highest BCUT2D eigenvalue weighted by Crippen LogP contribution is 2.42. The maximum Gasteiger partial charge on any atom is 0.156 e. The number of nitrogens with one attached hydrogen (secondary N) is 1. The van der Waals surface area contributed by atoms with E-state index in [1.54, 1.807) is 0 Å². The number of hydrogen-bond donors (Lipinski definition) is 1. The molecule has 2 fully saturated rings. The molecule has 1 N–H and O–H groups in total. The van der Waals surface area contributed by atoms with E-state index in [1.807, 2.05) is 11.8 Å². The van der Waals surface area contributed by atoms with Crippen LogP contribution in [-0.4, -0.2) is 23.5 Å². The van der Waals surface area contributed by atoms with Crippen molar-refractivity contribution in [3.8, 4) is 0 Å². The molecule has 96 valence electrons. The smallest absolute Gasteiger partial charge is 0.156 e. The van der Waals surface area contributed by atoms with Crippen molar-refractivity contribution in [1.82, 2.24) is 5.32 Å². The van der Waals surface area contributed by atoms with Crippen molar-refractivity contribution >= 4 is 16.9 Å². The van der Waals surface area contributed by atoms with Gasteiger partial charge in [-0.25, -0.2) is 0 Å². The summed E-state index contributed by atoms with van der Waals surface area (Å²) >= 11 is 1.99. The fourth-order valence-corrected chi connectivity index (χ4v) is 4.49. The van der Waals surface area contributed by atoms with E-state index >= 15 is 0 Å². The predicted molar refractivity (Wildman–Crippen MR) is 75.6 cm³/mol. The second kappa shape index (κ2) is 4.83. The van der Waals surface area contributed by atoms with E-state index in [0.29, 0.717) is 5.41 Å².